The molecule has 25 heavy (non-hydrogen) atoms. The Balaban J connectivity index is 2.04. The summed E-state index contributed by atoms with van der Waals surface area (Å²) >= 11 is 0. The smallest absolute Gasteiger partial charge is 0.416 e. The van der Waals surface area contributed by atoms with Crippen LogP contribution in [0.5, 0.6) is 0 Å². The normalized spacial score (nSPS) is 11.6. The lowest BCUT2D eigenvalue weighted by Crippen LogP contribution is -2.12. The second kappa shape index (κ2) is 6.08. The number of aliphatic carboxylic acids is 1. The minimum absolute atomic E-state index is 0.0793. The number of carboxylic acids is 1. The predicted octanol–water partition coefficient (Wildman–Crippen LogP) is 3.98. The zero-order valence-electron chi connectivity index (χ0n) is 12.7. The number of carbonyl (C=O) groups is 2. The van der Waals surface area contributed by atoms with Crippen molar-refractivity contribution in [3.05, 3.63) is 71.4 Å². The maximum Gasteiger partial charge on any atom is 0.416 e. The van der Waals surface area contributed by atoms with E-state index >= 15 is 0 Å². The highest BCUT2D eigenvalue weighted by Crippen LogP contribution is 2.29. The molecule has 0 radical (unpaired) electrons. The van der Waals surface area contributed by atoms with Gasteiger partial charge in [0.1, 0.15) is 0 Å². The molecule has 0 fully saturated rings. The van der Waals surface area contributed by atoms with Crippen LogP contribution in [-0.4, -0.2) is 21.6 Å². The summed E-state index contributed by atoms with van der Waals surface area (Å²) in [5.74, 6) is -1.56. The molecular formula is C18H12F3NO3. The maximum atomic E-state index is 12.7. The van der Waals surface area contributed by atoms with Crippen molar-refractivity contribution in [1.82, 2.24) is 4.57 Å². The van der Waals surface area contributed by atoms with Crippen molar-refractivity contribution >= 4 is 22.8 Å². The Morgan fingerprint density at radius 2 is 1.64 bits per heavy atom. The number of carbonyl (C=O) groups excluding carboxylic acids is 1. The molecule has 128 valence electrons. The fourth-order valence-electron chi connectivity index (χ4n) is 2.66. The number of fused-ring (bicyclic) bond motifs is 1. The topological polar surface area (TPSA) is 59.3 Å². The Morgan fingerprint density at radius 1 is 1.00 bits per heavy atom. The molecule has 4 nitrogen and oxygen atoms in total. The predicted molar refractivity (Wildman–Crippen MR) is 84.5 cm³/mol. The first-order valence-electron chi connectivity index (χ1n) is 7.30. The molecule has 1 aromatic heterocycles. The molecule has 0 saturated carbocycles. The minimum atomic E-state index is -4.48. The Morgan fingerprint density at radius 3 is 2.24 bits per heavy atom. The number of para-hydroxylation sites is 1. The average molecular weight is 347 g/mol. The number of hydrogen-bond acceptors (Lipinski definition) is 2. The highest BCUT2D eigenvalue weighted by molar-refractivity contribution is 6.03. The van der Waals surface area contributed by atoms with Gasteiger partial charge in [0.2, 0.25) is 0 Å². The van der Waals surface area contributed by atoms with E-state index in [4.69, 9.17) is 5.11 Å². The SMILES string of the molecule is O=C(O)Cc1cn(C(=O)c2ccc(C(F)(F)F)cc2)c2ccccc12. The van der Waals surface area contributed by atoms with Crippen LogP contribution in [0.2, 0.25) is 0 Å². The van der Waals surface area contributed by atoms with Gasteiger partial charge in [-0.1, -0.05) is 18.2 Å². The fraction of sp³-hybridized carbons (Fsp3) is 0.111. The Hall–Kier alpha value is -3.09. The highest BCUT2D eigenvalue weighted by atomic mass is 19.4. The van der Waals surface area contributed by atoms with E-state index in [2.05, 4.69) is 0 Å². The van der Waals surface area contributed by atoms with Crippen LogP contribution < -0.4 is 0 Å². The summed E-state index contributed by atoms with van der Waals surface area (Å²) in [4.78, 5) is 23.6. The van der Waals surface area contributed by atoms with Crippen molar-refractivity contribution < 1.29 is 27.9 Å². The van der Waals surface area contributed by atoms with Crippen molar-refractivity contribution in [3.8, 4) is 0 Å². The van der Waals surface area contributed by atoms with Crippen LogP contribution in [0, 0.1) is 0 Å². The van der Waals surface area contributed by atoms with E-state index in [9.17, 15) is 22.8 Å². The highest BCUT2D eigenvalue weighted by Gasteiger charge is 2.30. The van der Waals surface area contributed by atoms with Gasteiger partial charge in [-0.05, 0) is 35.9 Å². The van der Waals surface area contributed by atoms with Gasteiger partial charge in [0.05, 0.1) is 17.5 Å². The van der Waals surface area contributed by atoms with Crippen LogP contribution in [0.3, 0.4) is 0 Å². The first-order chi connectivity index (χ1) is 11.8. The average Bonchev–Trinajstić information content (AvgIpc) is 2.92. The summed E-state index contributed by atoms with van der Waals surface area (Å²) in [5, 5.41) is 9.61. The minimum Gasteiger partial charge on any atom is -0.481 e. The molecule has 3 aromatic rings. The van der Waals surface area contributed by atoms with Gasteiger partial charge < -0.3 is 5.11 Å². The molecule has 1 N–H and O–H groups in total. The first-order valence-corrected chi connectivity index (χ1v) is 7.30. The van der Waals surface area contributed by atoms with E-state index in [0.717, 1.165) is 24.3 Å². The quantitative estimate of drug-likeness (QED) is 0.780. The number of carboxylic acid groups (broad SMARTS) is 1. The monoisotopic (exact) mass is 347 g/mol. The molecule has 0 unspecified atom stereocenters. The van der Waals surface area contributed by atoms with Crippen molar-refractivity contribution in [2.75, 3.05) is 0 Å². The van der Waals surface area contributed by atoms with E-state index in [1.807, 2.05) is 0 Å². The number of rotatable bonds is 3. The fourth-order valence-corrected chi connectivity index (χ4v) is 2.66. The van der Waals surface area contributed by atoms with Crippen LogP contribution in [0.1, 0.15) is 21.5 Å². The second-order valence-corrected chi connectivity index (χ2v) is 5.49. The molecule has 0 saturated heterocycles. The van der Waals surface area contributed by atoms with Crippen LogP contribution in [0.25, 0.3) is 10.9 Å². The molecule has 0 aliphatic heterocycles. The Bertz CT molecular complexity index is 956. The maximum absolute atomic E-state index is 12.7. The van der Waals surface area contributed by atoms with E-state index in [1.165, 1.54) is 10.8 Å². The summed E-state index contributed by atoms with van der Waals surface area (Å²) < 4.78 is 39.2. The number of hydrogen-bond donors (Lipinski definition) is 1. The number of halogens is 3. The molecule has 3 rings (SSSR count). The van der Waals surface area contributed by atoms with Gasteiger partial charge in [-0.3, -0.25) is 14.2 Å². The molecule has 1 heterocycles. The zero-order valence-corrected chi connectivity index (χ0v) is 12.7. The van der Waals surface area contributed by atoms with Crippen LogP contribution in [-0.2, 0) is 17.4 Å². The van der Waals surface area contributed by atoms with Crippen molar-refractivity contribution in [2.45, 2.75) is 12.6 Å². The lowest BCUT2D eigenvalue weighted by molar-refractivity contribution is -0.138. The summed E-state index contributed by atoms with van der Waals surface area (Å²) in [6.07, 6.45) is -3.32. The van der Waals surface area contributed by atoms with E-state index in [-0.39, 0.29) is 12.0 Å². The second-order valence-electron chi connectivity index (χ2n) is 5.49. The summed E-state index contributed by atoms with van der Waals surface area (Å²) in [6.45, 7) is 0. The van der Waals surface area contributed by atoms with E-state index in [0.29, 0.717) is 16.5 Å². The number of benzene rings is 2. The van der Waals surface area contributed by atoms with Crippen molar-refractivity contribution in [3.63, 3.8) is 0 Å². The van der Waals surface area contributed by atoms with Crippen molar-refractivity contribution in [2.24, 2.45) is 0 Å². The number of nitrogens with zero attached hydrogens (tertiary/aromatic N) is 1. The van der Waals surface area contributed by atoms with Gasteiger partial charge in [-0.2, -0.15) is 13.2 Å². The van der Waals surface area contributed by atoms with Gasteiger partial charge in [-0.15, -0.1) is 0 Å². The zero-order chi connectivity index (χ0) is 18.2. The van der Waals surface area contributed by atoms with Gasteiger partial charge >= 0.3 is 12.1 Å². The number of alkyl halides is 3. The molecule has 0 atom stereocenters. The van der Waals surface area contributed by atoms with Gasteiger partial charge in [-0.25, -0.2) is 0 Å². The third-order valence-corrected chi connectivity index (χ3v) is 3.81. The summed E-state index contributed by atoms with van der Waals surface area (Å²) in [7, 11) is 0. The molecule has 0 bridgehead atoms. The van der Waals surface area contributed by atoms with Crippen molar-refractivity contribution in [1.29, 1.82) is 0 Å². The molecule has 0 aliphatic rings. The standard InChI is InChI=1S/C18H12F3NO3/c19-18(20,21)13-7-5-11(6-8-13)17(25)22-10-12(9-16(23)24)14-3-1-2-4-15(14)22/h1-8,10H,9H2,(H,23,24). The van der Waals surface area contributed by atoms with Gasteiger partial charge in [0.25, 0.3) is 5.91 Å². The third-order valence-electron chi connectivity index (χ3n) is 3.81. The summed E-state index contributed by atoms with van der Waals surface area (Å²) in [5.41, 5.74) is 0.204. The largest absolute Gasteiger partial charge is 0.481 e. The van der Waals surface area contributed by atoms with Gasteiger partial charge in [0, 0.05) is 17.1 Å². The summed E-state index contributed by atoms with van der Waals surface area (Å²) in [6, 6.07) is 10.7. The molecule has 0 aliphatic carbocycles. The first kappa shape index (κ1) is 16.8. The van der Waals surface area contributed by atoms with Gasteiger partial charge in [0.15, 0.2) is 0 Å². The molecule has 0 amide bonds. The van der Waals surface area contributed by atoms with Crippen LogP contribution in [0.4, 0.5) is 13.2 Å². The Kier molecular flexibility index (Phi) is 4.08. The van der Waals surface area contributed by atoms with Crippen LogP contribution >= 0.6 is 0 Å². The van der Waals surface area contributed by atoms with Crippen LogP contribution in [0.15, 0.2) is 54.7 Å². The molecule has 2 aromatic carbocycles. The Labute approximate surface area is 140 Å². The number of aromatic nitrogens is 1. The molecule has 0 spiro atoms. The van der Waals surface area contributed by atoms with E-state index in [1.54, 1.807) is 24.3 Å². The molecule has 7 heteroatoms. The molecular weight excluding hydrogens is 335 g/mol. The van der Waals surface area contributed by atoms with E-state index < -0.39 is 23.6 Å². The lowest BCUT2D eigenvalue weighted by Gasteiger charge is -2.08. The lowest BCUT2D eigenvalue weighted by atomic mass is 10.1. The third kappa shape index (κ3) is 3.26.